The molecule has 4 rings (SSSR count). The van der Waals surface area contributed by atoms with Crippen LogP contribution >= 0.6 is 11.8 Å². The van der Waals surface area contributed by atoms with Crippen LogP contribution in [0.15, 0.2) is 90.2 Å². The zero-order valence-electron chi connectivity index (χ0n) is 15.6. The molecule has 0 fully saturated rings. The second kappa shape index (κ2) is 8.36. The fraction of sp³-hybridized carbons (Fsp3) is 0.0870. The first-order valence-electron chi connectivity index (χ1n) is 9.10. The number of hydrogen-bond donors (Lipinski definition) is 0. The second-order valence-electron chi connectivity index (χ2n) is 6.61. The Morgan fingerprint density at radius 2 is 1.60 bits per heavy atom. The van der Waals surface area contributed by atoms with Crippen molar-refractivity contribution in [3.05, 3.63) is 102 Å². The van der Waals surface area contributed by atoms with Gasteiger partial charge in [-0.15, -0.1) is 0 Å². The number of rotatable bonds is 5. The molecule has 0 amide bonds. The molecule has 0 bridgehead atoms. The summed E-state index contributed by atoms with van der Waals surface area (Å²) in [7, 11) is 0. The van der Waals surface area contributed by atoms with E-state index in [1.165, 1.54) is 36.0 Å². The first kappa shape index (κ1) is 20.2. The summed E-state index contributed by atoms with van der Waals surface area (Å²) in [6.45, 7) is 0. The van der Waals surface area contributed by atoms with Crippen LogP contribution in [0.2, 0.25) is 0 Å². The lowest BCUT2D eigenvalue weighted by Crippen LogP contribution is -2.04. The number of aromatic nitrogens is 2. The smallest absolute Gasteiger partial charge is 0.294 e. The molecule has 0 aliphatic carbocycles. The van der Waals surface area contributed by atoms with Crippen molar-refractivity contribution in [1.29, 1.82) is 0 Å². The number of imidazole rings is 1. The van der Waals surface area contributed by atoms with E-state index in [1.54, 1.807) is 16.7 Å². The van der Waals surface area contributed by atoms with Crippen LogP contribution in [0.4, 0.5) is 17.6 Å². The summed E-state index contributed by atoms with van der Waals surface area (Å²) in [5, 5.41) is 0.624. The van der Waals surface area contributed by atoms with Gasteiger partial charge in [0.2, 0.25) is 0 Å². The summed E-state index contributed by atoms with van der Waals surface area (Å²) in [6, 6.07) is 20.8. The van der Waals surface area contributed by atoms with E-state index in [0.717, 1.165) is 29.0 Å². The number of thioether (sulfide) groups is 1. The molecule has 0 atom stereocenters. The largest absolute Gasteiger partial charge is 0.416 e. The lowest BCUT2D eigenvalue weighted by atomic mass is 10.1. The number of halogens is 4. The summed E-state index contributed by atoms with van der Waals surface area (Å²) >= 11 is 1.38. The van der Waals surface area contributed by atoms with Gasteiger partial charge in [0, 0.05) is 17.5 Å². The Morgan fingerprint density at radius 3 is 2.27 bits per heavy atom. The number of nitrogens with zero attached hydrogens (tertiary/aromatic N) is 2. The minimum atomic E-state index is -4.36. The van der Waals surface area contributed by atoms with Crippen molar-refractivity contribution < 1.29 is 17.6 Å². The third-order valence-electron chi connectivity index (χ3n) is 4.48. The zero-order chi connectivity index (χ0) is 21.1. The molecule has 0 N–H and O–H groups in total. The number of alkyl halides is 3. The molecule has 0 aliphatic rings. The molecule has 0 spiro atoms. The van der Waals surface area contributed by atoms with E-state index in [-0.39, 0.29) is 5.82 Å². The topological polar surface area (TPSA) is 17.8 Å². The van der Waals surface area contributed by atoms with Gasteiger partial charge in [0.25, 0.3) is 0 Å². The van der Waals surface area contributed by atoms with Crippen molar-refractivity contribution in [2.75, 3.05) is 0 Å². The average Bonchev–Trinajstić information content (AvgIpc) is 3.17. The molecular formula is C23H16F4N2S. The minimum absolute atomic E-state index is 0.360. The van der Waals surface area contributed by atoms with Gasteiger partial charge in [0.15, 0.2) is 5.16 Å². The maximum atomic E-state index is 13.8. The van der Waals surface area contributed by atoms with Gasteiger partial charge >= 0.3 is 6.18 Å². The highest BCUT2D eigenvalue weighted by Crippen LogP contribution is 2.32. The van der Waals surface area contributed by atoms with Crippen molar-refractivity contribution in [1.82, 2.24) is 9.55 Å². The highest BCUT2D eigenvalue weighted by Gasteiger charge is 2.29. The van der Waals surface area contributed by atoms with Crippen molar-refractivity contribution in [2.45, 2.75) is 17.1 Å². The Labute approximate surface area is 175 Å². The molecule has 0 aliphatic heterocycles. The van der Waals surface area contributed by atoms with Gasteiger partial charge < -0.3 is 0 Å². The van der Waals surface area contributed by atoms with E-state index in [0.29, 0.717) is 16.6 Å². The second-order valence-corrected chi connectivity index (χ2v) is 7.55. The summed E-state index contributed by atoms with van der Waals surface area (Å²) in [4.78, 5) is 4.68. The molecule has 1 heterocycles. The maximum Gasteiger partial charge on any atom is 0.416 e. The lowest BCUT2D eigenvalue weighted by molar-refractivity contribution is -0.137. The summed E-state index contributed by atoms with van der Waals surface area (Å²) in [5.41, 5.74) is 2.34. The summed E-state index contributed by atoms with van der Waals surface area (Å²) in [5.74, 6) is 0.0692. The Morgan fingerprint density at radius 1 is 0.867 bits per heavy atom. The SMILES string of the molecule is Fc1cccc(-n2cc(-c3ccccc3)nc2SCc2ccc(C(F)(F)F)cc2)c1. The van der Waals surface area contributed by atoms with Crippen molar-refractivity contribution in [3.8, 4) is 16.9 Å². The van der Waals surface area contributed by atoms with Crippen molar-refractivity contribution in [3.63, 3.8) is 0 Å². The molecule has 0 unspecified atom stereocenters. The van der Waals surface area contributed by atoms with E-state index in [9.17, 15) is 17.6 Å². The molecule has 0 saturated carbocycles. The van der Waals surface area contributed by atoms with Crippen LogP contribution in [0, 0.1) is 5.82 Å². The van der Waals surface area contributed by atoms with Crippen LogP contribution in [-0.2, 0) is 11.9 Å². The molecular weight excluding hydrogens is 412 g/mol. The average molecular weight is 428 g/mol. The van der Waals surface area contributed by atoms with E-state index in [4.69, 9.17) is 0 Å². The van der Waals surface area contributed by atoms with E-state index in [1.807, 2.05) is 36.5 Å². The van der Waals surface area contributed by atoms with Crippen LogP contribution in [-0.4, -0.2) is 9.55 Å². The fourth-order valence-corrected chi connectivity index (χ4v) is 3.91. The third-order valence-corrected chi connectivity index (χ3v) is 5.50. The standard InChI is InChI=1S/C23H16F4N2S/c24-19-7-4-8-20(13-19)29-14-21(17-5-2-1-3-6-17)28-22(29)30-15-16-9-11-18(12-10-16)23(25,26)27/h1-14H,15H2. The van der Waals surface area contributed by atoms with Crippen LogP contribution in [0.5, 0.6) is 0 Å². The zero-order valence-corrected chi connectivity index (χ0v) is 16.4. The quantitative estimate of drug-likeness (QED) is 0.252. The van der Waals surface area contributed by atoms with Crippen LogP contribution < -0.4 is 0 Å². The number of hydrogen-bond acceptors (Lipinski definition) is 2. The maximum absolute atomic E-state index is 13.8. The highest BCUT2D eigenvalue weighted by atomic mass is 32.2. The van der Waals surface area contributed by atoms with Gasteiger partial charge in [-0.3, -0.25) is 4.57 Å². The first-order chi connectivity index (χ1) is 14.4. The number of benzene rings is 3. The van der Waals surface area contributed by atoms with Gasteiger partial charge in [-0.05, 0) is 35.9 Å². The lowest BCUT2D eigenvalue weighted by Gasteiger charge is -2.09. The fourth-order valence-electron chi connectivity index (χ4n) is 2.96. The first-order valence-corrected chi connectivity index (χ1v) is 10.1. The van der Waals surface area contributed by atoms with E-state index < -0.39 is 11.7 Å². The molecule has 7 heteroatoms. The minimum Gasteiger partial charge on any atom is -0.294 e. The molecule has 3 aromatic carbocycles. The summed E-state index contributed by atoms with van der Waals surface area (Å²) in [6.07, 6.45) is -2.52. The molecule has 30 heavy (non-hydrogen) atoms. The molecule has 1 aromatic heterocycles. The normalized spacial score (nSPS) is 11.6. The van der Waals surface area contributed by atoms with Gasteiger partial charge in [-0.2, -0.15) is 13.2 Å². The Balaban J connectivity index is 1.63. The third kappa shape index (κ3) is 4.57. The molecule has 4 aromatic rings. The Kier molecular flexibility index (Phi) is 5.63. The molecule has 0 saturated heterocycles. The Bertz CT molecular complexity index is 1140. The summed E-state index contributed by atoms with van der Waals surface area (Å²) < 4.78 is 53.8. The monoisotopic (exact) mass is 428 g/mol. The van der Waals surface area contributed by atoms with Crippen LogP contribution in [0.25, 0.3) is 16.9 Å². The van der Waals surface area contributed by atoms with E-state index >= 15 is 0 Å². The van der Waals surface area contributed by atoms with Gasteiger partial charge in [-0.25, -0.2) is 9.37 Å². The predicted octanol–water partition coefficient (Wildman–Crippen LogP) is 6.99. The van der Waals surface area contributed by atoms with Crippen LogP contribution in [0.3, 0.4) is 0 Å². The highest BCUT2D eigenvalue weighted by molar-refractivity contribution is 7.98. The van der Waals surface area contributed by atoms with Crippen LogP contribution in [0.1, 0.15) is 11.1 Å². The van der Waals surface area contributed by atoms with Crippen molar-refractivity contribution >= 4 is 11.8 Å². The van der Waals surface area contributed by atoms with Gasteiger partial charge in [-0.1, -0.05) is 60.3 Å². The Hall–Kier alpha value is -3.06. The molecule has 2 nitrogen and oxygen atoms in total. The molecule has 0 radical (unpaired) electrons. The van der Waals surface area contributed by atoms with Gasteiger partial charge in [0.1, 0.15) is 5.82 Å². The van der Waals surface area contributed by atoms with Crippen molar-refractivity contribution in [2.24, 2.45) is 0 Å². The van der Waals surface area contributed by atoms with Gasteiger partial charge in [0.05, 0.1) is 16.9 Å². The predicted molar refractivity (Wildman–Crippen MR) is 110 cm³/mol. The molecule has 152 valence electrons. The van der Waals surface area contributed by atoms with E-state index in [2.05, 4.69) is 4.98 Å².